The van der Waals surface area contributed by atoms with E-state index in [-0.39, 0.29) is 11.7 Å². The number of halogens is 1. The van der Waals surface area contributed by atoms with Gasteiger partial charge < -0.3 is 15.2 Å². The van der Waals surface area contributed by atoms with Crippen molar-refractivity contribution in [1.29, 1.82) is 0 Å². The summed E-state index contributed by atoms with van der Waals surface area (Å²) in [6.07, 6.45) is 6.16. The summed E-state index contributed by atoms with van der Waals surface area (Å²) >= 11 is 6.03. The Morgan fingerprint density at radius 3 is 2.81 bits per heavy atom. The van der Waals surface area contributed by atoms with Gasteiger partial charge in [0.1, 0.15) is 5.75 Å². The molecule has 0 atom stereocenters. The second-order valence-corrected chi connectivity index (χ2v) is 6.69. The maximum Gasteiger partial charge on any atom is 0.252 e. The molecule has 0 spiro atoms. The van der Waals surface area contributed by atoms with Gasteiger partial charge in [-0.2, -0.15) is 0 Å². The lowest BCUT2D eigenvalue weighted by molar-refractivity contribution is 0.0949. The van der Waals surface area contributed by atoms with E-state index in [1.54, 1.807) is 13.2 Å². The number of carbonyl (C=O) groups excluding carboxylic acids is 1. The third-order valence-electron chi connectivity index (χ3n) is 4.43. The fourth-order valence-corrected chi connectivity index (χ4v) is 3.39. The zero-order chi connectivity index (χ0) is 18.7. The van der Waals surface area contributed by atoms with Crippen molar-refractivity contribution in [1.82, 2.24) is 10.3 Å². The molecule has 0 fully saturated rings. The van der Waals surface area contributed by atoms with Crippen LogP contribution < -0.4 is 10.1 Å². The van der Waals surface area contributed by atoms with Gasteiger partial charge in [0.05, 0.1) is 7.11 Å². The first kappa shape index (κ1) is 18.3. The molecule has 2 N–H and O–H groups in total. The van der Waals surface area contributed by atoms with Gasteiger partial charge in [0.25, 0.3) is 5.91 Å². The summed E-state index contributed by atoms with van der Waals surface area (Å²) < 4.78 is 5.42. The van der Waals surface area contributed by atoms with E-state index in [0.29, 0.717) is 35.0 Å². The molecule has 0 unspecified atom stereocenters. The van der Waals surface area contributed by atoms with E-state index < -0.39 is 0 Å². The molecule has 0 bridgehead atoms. The molecule has 1 aliphatic rings. The van der Waals surface area contributed by atoms with E-state index in [9.17, 15) is 9.90 Å². The first-order chi connectivity index (χ1) is 12.5. The van der Waals surface area contributed by atoms with Crippen molar-refractivity contribution in [3.8, 4) is 11.6 Å². The number of nitrogens with zero attached hydrogens (tertiary/aromatic N) is 1. The van der Waals surface area contributed by atoms with Crippen LogP contribution in [0.3, 0.4) is 0 Å². The molecule has 1 aliphatic heterocycles. The minimum Gasteiger partial charge on any atom is -0.508 e. The van der Waals surface area contributed by atoms with Gasteiger partial charge >= 0.3 is 0 Å². The number of phenolic OH excluding ortho intramolecular Hbond substituents is 1. The summed E-state index contributed by atoms with van der Waals surface area (Å²) in [5.41, 5.74) is 3.80. The molecule has 5 nitrogen and oxygen atoms in total. The predicted octanol–water partition coefficient (Wildman–Crippen LogP) is 3.73. The van der Waals surface area contributed by atoms with Crippen LogP contribution in [-0.2, 0) is 19.4 Å². The lowest BCUT2D eigenvalue weighted by Crippen LogP contribution is -2.25. The number of rotatable bonds is 1. The molecular formula is C20H21ClN2O3. The van der Waals surface area contributed by atoms with Crippen LogP contribution >= 0.6 is 11.6 Å². The van der Waals surface area contributed by atoms with Crippen LogP contribution in [0.25, 0.3) is 0 Å². The molecule has 0 radical (unpaired) electrons. The van der Waals surface area contributed by atoms with Gasteiger partial charge in [0.2, 0.25) is 5.88 Å². The molecule has 3 rings (SSSR count). The number of aryl methyl sites for hydroxylation is 2. The van der Waals surface area contributed by atoms with E-state index in [4.69, 9.17) is 16.3 Å². The van der Waals surface area contributed by atoms with E-state index in [0.717, 1.165) is 29.7 Å². The minimum absolute atomic E-state index is 0.0274. The van der Waals surface area contributed by atoms with Crippen molar-refractivity contribution >= 4 is 17.5 Å². The molecule has 6 heteroatoms. The molecule has 136 valence electrons. The monoisotopic (exact) mass is 372 g/mol. The van der Waals surface area contributed by atoms with Crippen LogP contribution in [0.2, 0.25) is 5.02 Å². The Morgan fingerprint density at radius 2 is 2.04 bits per heavy atom. The van der Waals surface area contributed by atoms with E-state index >= 15 is 0 Å². The molecule has 0 saturated carbocycles. The third kappa shape index (κ3) is 3.83. The van der Waals surface area contributed by atoms with E-state index in [1.165, 1.54) is 6.07 Å². The summed E-state index contributed by atoms with van der Waals surface area (Å²) in [6, 6.07) is 5.07. The highest BCUT2D eigenvalue weighted by Crippen LogP contribution is 2.28. The Labute approximate surface area is 157 Å². The Hall–Kier alpha value is -2.53. The number of nitrogens with one attached hydrogen (secondary N) is 1. The number of carbonyl (C=O) groups is 1. The second-order valence-electron chi connectivity index (χ2n) is 6.26. The SMILES string of the molecule is COc1nc(C)cc2c1CNC(=O)c1cc(Cl)cc(O)c1CC=CCC2. The number of amides is 1. The number of hydrogen-bond donors (Lipinski definition) is 2. The number of aromatic hydroxyl groups is 1. The highest BCUT2D eigenvalue weighted by atomic mass is 35.5. The maximum atomic E-state index is 12.7. The molecule has 1 aromatic heterocycles. The lowest BCUT2D eigenvalue weighted by atomic mass is 9.99. The number of phenols is 1. The largest absolute Gasteiger partial charge is 0.508 e. The van der Waals surface area contributed by atoms with Crippen LogP contribution in [0.5, 0.6) is 11.6 Å². The van der Waals surface area contributed by atoms with Gasteiger partial charge in [0.15, 0.2) is 0 Å². The third-order valence-corrected chi connectivity index (χ3v) is 4.65. The average molecular weight is 373 g/mol. The molecule has 26 heavy (non-hydrogen) atoms. The smallest absolute Gasteiger partial charge is 0.252 e. The van der Waals surface area contributed by atoms with Gasteiger partial charge in [-0.15, -0.1) is 0 Å². The van der Waals surface area contributed by atoms with E-state index in [1.807, 2.05) is 19.1 Å². The fourth-order valence-electron chi connectivity index (χ4n) is 3.18. The first-order valence-electron chi connectivity index (χ1n) is 8.47. The molecular weight excluding hydrogens is 352 g/mol. The summed E-state index contributed by atoms with van der Waals surface area (Å²) in [4.78, 5) is 17.2. The summed E-state index contributed by atoms with van der Waals surface area (Å²) in [5, 5.41) is 13.4. The number of pyridine rings is 1. The quantitative estimate of drug-likeness (QED) is 0.748. The van der Waals surface area contributed by atoms with E-state index in [2.05, 4.69) is 16.4 Å². The Kier molecular flexibility index (Phi) is 5.47. The van der Waals surface area contributed by atoms with Crippen molar-refractivity contribution in [2.75, 3.05) is 7.11 Å². The first-order valence-corrected chi connectivity index (χ1v) is 8.85. The zero-order valence-electron chi connectivity index (χ0n) is 14.8. The van der Waals surface area contributed by atoms with Gasteiger partial charge in [-0.25, -0.2) is 4.98 Å². The van der Waals surface area contributed by atoms with Gasteiger partial charge in [-0.05, 0) is 49.9 Å². The van der Waals surface area contributed by atoms with Gasteiger partial charge in [-0.3, -0.25) is 4.79 Å². The molecule has 2 heterocycles. The van der Waals surface area contributed by atoms with Crippen molar-refractivity contribution in [3.63, 3.8) is 0 Å². The number of benzene rings is 1. The molecule has 2 aromatic rings. The normalized spacial score (nSPS) is 14.5. The topological polar surface area (TPSA) is 71.5 Å². The van der Waals surface area contributed by atoms with Crippen LogP contribution in [-0.4, -0.2) is 23.1 Å². The number of ether oxygens (including phenoxy) is 1. The number of aromatic nitrogens is 1. The van der Waals surface area contributed by atoms with Crippen molar-refractivity contribution in [3.05, 3.63) is 63.3 Å². The number of hydrogen-bond acceptors (Lipinski definition) is 4. The van der Waals surface area contributed by atoms with Crippen molar-refractivity contribution < 1.29 is 14.6 Å². The molecule has 0 saturated heterocycles. The average Bonchev–Trinajstić information content (AvgIpc) is 2.59. The van der Waals surface area contributed by atoms with Crippen LogP contribution in [0, 0.1) is 6.92 Å². The lowest BCUT2D eigenvalue weighted by Gasteiger charge is -2.17. The maximum absolute atomic E-state index is 12.7. The highest BCUT2D eigenvalue weighted by molar-refractivity contribution is 6.31. The van der Waals surface area contributed by atoms with Crippen molar-refractivity contribution in [2.45, 2.75) is 32.7 Å². The van der Waals surface area contributed by atoms with Crippen LogP contribution in [0.4, 0.5) is 0 Å². The number of allylic oxidation sites excluding steroid dienone is 2. The molecule has 0 aliphatic carbocycles. The Bertz CT molecular complexity index is 878. The number of methoxy groups -OCH3 is 1. The summed E-state index contributed by atoms with van der Waals surface area (Å²) in [7, 11) is 1.58. The highest BCUT2D eigenvalue weighted by Gasteiger charge is 2.18. The fraction of sp³-hybridized carbons (Fsp3) is 0.300. The number of fused-ring (bicyclic) bond motifs is 2. The summed E-state index contributed by atoms with van der Waals surface area (Å²) in [6.45, 7) is 2.22. The van der Waals surface area contributed by atoms with Crippen molar-refractivity contribution in [2.24, 2.45) is 0 Å². The van der Waals surface area contributed by atoms with Gasteiger partial charge in [-0.1, -0.05) is 23.8 Å². The van der Waals surface area contributed by atoms with Crippen LogP contribution in [0.1, 0.15) is 39.2 Å². The standard InChI is InChI=1S/C20H21ClN2O3/c1-12-8-13-6-4-3-5-7-15-16(9-14(21)10-18(15)24)19(25)22-11-17(13)20(23-12)26-2/h3,5,8-10,24H,4,6-7,11H2,1-2H3,(H,22,25). The van der Waals surface area contributed by atoms with Gasteiger partial charge in [0, 0.05) is 34.0 Å². The second kappa shape index (κ2) is 7.79. The minimum atomic E-state index is -0.291. The Morgan fingerprint density at radius 1 is 1.23 bits per heavy atom. The predicted molar refractivity (Wildman–Crippen MR) is 101 cm³/mol. The molecule has 1 amide bonds. The zero-order valence-corrected chi connectivity index (χ0v) is 15.6. The molecule has 1 aromatic carbocycles. The van der Waals surface area contributed by atoms with Crippen LogP contribution in [0.15, 0.2) is 30.4 Å². The Balaban J connectivity index is 2.04. The summed E-state index contributed by atoms with van der Waals surface area (Å²) in [5.74, 6) is 0.260.